The van der Waals surface area contributed by atoms with Gasteiger partial charge < -0.3 is 5.32 Å². The van der Waals surface area contributed by atoms with Crippen LogP contribution in [-0.4, -0.2) is 36.6 Å². The third-order valence-electron chi connectivity index (χ3n) is 5.34. The van der Waals surface area contributed by atoms with Gasteiger partial charge in [0.1, 0.15) is 0 Å². The van der Waals surface area contributed by atoms with E-state index < -0.39 is 0 Å². The summed E-state index contributed by atoms with van der Waals surface area (Å²) < 4.78 is 0. The molecule has 0 radical (unpaired) electrons. The first kappa shape index (κ1) is 15.3. The fourth-order valence-electron chi connectivity index (χ4n) is 4.01. The summed E-state index contributed by atoms with van der Waals surface area (Å²) in [6, 6.07) is 1.60. The molecule has 4 atom stereocenters. The van der Waals surface area contributed by atoms with Gasteiger partial charge in [0.25, 0.3) is 0 Å². The SMILES string of the molecule is CCC1CCN(C2CCCCCC2C)CC(C)CN1. The minimum absolute atomic E-state index is 0.742. The smallest absolute Gasteiger partial charge is 0.0121 e. The van der Waals surface area contributed by atoms with Crippen LogP contribution < -0.4 is 5.32 Å². The molecule has 2 rings (SSSR count). The zero-order valence-electron chi connectivity index (χ0n) is 13.3. The van der Waals surface area contributed by atoms with Crippen molar-refractivity contribution in [3.63, 3.8) is 0 Å². The lowest BCUT2D eigenvalue weighted by Gasteiger charge is -2.39. The van der Waals surface area contributed by atoms with Crippen molar-refractivity contribution in [3.8, 4) is 0 Å². The Balaban J connectivity index is 1.98. The molecule has 1 heterocycles. The normalized spacial score (nSPS) is 39.3. The summed E-state index contributed by atoms with van der Waals surface area (Å²) in [5, 5.41) is 3.74. The van der Waals surface area contributed by atoms with Crippen LogP contribution in [0.1, 0.15) is 65.7 Å². The van der Waals surface area contributed by atoms with E-state index in [1.165, 1.54) is 64.6 Å². The van der Waals surface area contributed by atoms with Crippen molar-refractivity contribution in [1.29, 1.82) is 0 Å². The average Bonchev–Trinajstić information content (AvgIpc) is 2.59. The molecule has 0 aromatic heterocycles. The highest BCUT2D eigenvalue weighted by Crippen LogP contribution is 2.28. The maximum absolute atomic E-state index is 3.74. The fraction of sp³-hybridized carbons (Fsp3) is 1.00. The largest absolute Gasteiger partial charge is 0.314 e. The van der Waals surface area contributed by atoms with Gasteiger partial charge in [-0.1, -0.05) is 40.0 Å². The maximum Gasteiger partial charge on any atom is 0.0121 e. The molecule has 0 bridgehead atoms. The van der Waals surface area contributed by atoms with Gasteiger partial charge in [-0.05, 0) is 50.6 Å². The van der Waals surface area contributed by atoms with E-state index in [9.17, 15) is 0 Å². The Hall–Kier alpha value is -0.0800. The highest BCUT2D eigenvalue weighted by molar-refractivity contribution is 4.84. The second-order valence-electron chi connectivity index (χ2n) is 7.08. The van der Waals surface area contributed by atoms with Gasteiger partial charge in [0, 0.05) is 18.6 Å². The summed E-state index contributed by atoms with van der Waals surface area (Å²) in [5.41, 5.74) is 0. The van der Waals surface area contributed by atoms with Crippen molar-refractivity contribution < 1.29 is 0 Å². The Labute approximate surface area is 120 Å². The molecule has 19 heavy (non-hydrogen) atoms. The lowest BCUT2D eigenvalue weighted by molar-refractivity contribution is 0.104. The van der Waals surface area contributed by atoms with Crippen LogP contribution >= 0.6 is 0 Å². The van der Waals surface area contributed by atoms with Gasteiger partial charge in [-0.25, -0.2) is 0 Å². The van der Waals surface area contributed by atoms with Crippen molar-refractivity contribution in [3.05, 3.63) is 0 Å². The van der Waals surface area contributed by atoms with Crippen LogP contribution in [0.15, 0.2) is 0 Å². The van der Waals surface area contributed by atoms with Gasteiger partial charge in [-0.2, -0.15) is 0 Å². The fourth-order valence-corrected chi connectivity index (χ4v) is 4.01. The van der Waals surface area contributed by atoms with Gasteiger partial charge in [-0.3, -0.25) is 4.90 Å². The quantitative estimate of drug-likeness (QED) is 0.767. The second-order valence-corrected chi connectivity index (χ2v) is 7.08. The lowest BCUT2D eigenvalue weighted by atomic mass is 9.93. The van der Waals surface area contributed by atoms with E-state index in [0.29, 0.717) is 0 Å². The molecule has 0 amide bonds. The molecule has 1 saturated carbocycles. The Kier molecular flexibility index (Phi) is 6.15. The number of nitrogens with one attached hydrogen (secondary N) is 1. The second kappa shape index (κ2) is 7.64. The van der Waals surface area contributed by atoms with Crippen molar-refractivity contribution in [2.24, 2.45) is 11.8 Å². The van der Waals surface area contributed by atoms with Crippen LogP contribution in [0.3, 0.4) is 0 Å². The molecule has 2 nitrogen and oxygen atoms in total. The van der Waals surface area contributed by atoms with Gasteiger partial charge in [0.05, 0.1) is 0 Å². The van der Waals surface area contributed by atoms with Crippen molar-refractivity contribution in [2.45, 2.75) is 77.8 Å². The summed E-state index contributed by atoms with van der Waals surface area (Å²) in [5.74, 6) is 1.70. The molecule has 4 unspecified atom stereocenters. The number of nitrogens with zero attached hydrogens (tertiary/aromatic N) is 1. The predicted molar refractivity (Wildman–Crippen MR) is 83.5 cm³/mol. The molecule has 2 fully saturated rings. The Bertz CT molecular complexity index is 254. The van der Waals surface area contributed by atoms with E-state index in [1.54, 1.807) is 0 Å². The predicted octanol–water partition coefficient (Wildman–Crippen LogP) is 3.67. The topological polar surface area (TPSA) is 15.3 Å². The van der Waals surface area contributed by atoms with Crippen molar-refractivity contribution in [1.82, 2.24) is 10.2 Å². The average molecular weight is 266 g/mol. The van der Waals surface area contributed by atoms with Crippen molar-refractivity contribution in [2.75, 3.05) is 19.6 Å². The molecule has 0 aromatic carbocycles. The van der Waals surface area contributed by atoms with Crippen LogP contribution in [0.2, 0.25) is 0 Å². The zero-order valence-corrected chi connectivity index (χ0v) is 13.3. The first-order chi connectivity index (χ1) is 9.20. The molecule has 1 N–H and O–H groups in total. The number of rotatable bonds is 2. The highest BCUT2D eigenvalue weighted by Gasteiger charge is 2.28. The van der Waals surface area contributed by atoms with E-state index in [-0.39, 0.29) is 0 Å². The molecule has 112 valence electrons. The molecule has 0 aromatic rings. The minimum Gasteiger partial charge on any atom is -0.314 e. The minimum atomic E-state index is 0.742. The lowest BCUT2D eigenvalue weighted by Crippen LogP contribution is -2.48. The number of hydrogen-bond acceptors (Lipinski definition) is 2. The van der Waals surface area contributed by atoms with E-state index in [0.717, 1.165) is 23.9 Å². The summed E-state index contributed by atoms with van der Waals surface area (Å²) >= 11 is 0. The van der Waals surface area contributed by atoms with Crippen LogP contribution in [0, 0.1) is 11.8 Å². The summed E-state index contributed by atoms with van der Waals surface area (Å²) in [7, 11) is 0. The van der Waals surface area contributed by atoms with Crippen LogP contribution in [0.4, 0.5) is 0 Å². The van der Waals surface area contributed by atoms with Gasteiger partial charge in [0.2, 0.25) is 0 Å². The standard InChI is InChI=1S/C17H34N2/c1-4-16-10-11-19(13-14(2)12-18-16)17-9-7-5-6-8-15(17)3/h14-18H,4-13H2,1-3H3. The Morgan fingerprint density at radius 3 is 2.63 bits per heavy atom. The molecule has 2 heteroatoms. The van der Waals surface area contributed by atoms with Gasteiger partial charge in [0.15, 0.2) is 0 Å². The molecular weight excluding hydrogens is 232 g/mol. The maximum atomic E-state index is 3.74. The molecular formula is C17H34N2. The van der Waals surface area contributed by atoms with Crippen LogP contribution in [0.25, 0.3) is 0 Å². The van der Waals surface area contributed by atoms with Crippen LogP contribution in [0.5, 0.6) is 0 Å². The third kappa shape index (κ3) is 4.46. The summed E-state index contributed by atoms with van der Waals surface area (Å²) in [6.07, 6.45) is 9.88. The number of hydrogen-bond donors (Lipinski definition) is 1. The third-order valence-corrected chi connectivity index (χ3v) is 5.34. The van der Waals surface area contributed by atoms with Crippen LogP contribution in [-0.2, 0) is 0 Å². The Morgan fingerprint density at radius 1 is 1.05 bits per heavy atom. The highest BCUT2D eigenvalue weighted by atomic mass is 15.2. The first-order valence-electron chi connectivity index (χ1n) is 8.68. The summed E-state index contributed by atoms with van der Waals surface area (Å²) in [6.45, 7) is 11.1. The first-order valence-corrected chi connectivity index (χ1v) is 8.68. The molecule has 1 aliphatic carbocycles. The Morgan fingerprint density at radius 2 is 1.84 bits per heavy atom. The van der Waals surface area contributed by atoms with E-state index in [1.807, 2.05) is 0 Å². The van der Waals surface area contributed by atoms with Crippen molar-refractivity contribution >= 4 is 0 Å². The van der Waals surface area contributed by atoms with Gasteiger partial charge in [-0.15, -0.1) is 0 Å². The molecule has 1 saturated heterocycles. The monoisotopic (exact) mass is 266 g/mol. The summed E-state index contributed by atoms with van der Waals surface area (Å²) in [4.78, 5) is 2.85. The van der Waals surface area contributed by atoms with E-state index >= 15 is 0 Å². The molecule has 1 aliphatic heterocycles. The molecule has 0 spiro atoms. The zero-order chi connectivity index (χ0) is 13.7. The van der Waals surface area contributed by atoms with Gasteiger partial charge >= 0.3 is 0 Å². The molecule has 2 aliphatic rings. The van der Waals surface area contributed by atoms with E-state index in [2.05, 4.69) is 31.0 Å². The van der Waals surface area contributed by atoms with E-state index in [4.69, 9.17) is 0 Å².